The number of nitrogens with two attached hydrogens (primary N) is 1. The van der Waals surface area contributed by atoms with Crippen LogP contribution in [0.25, 0.3) is 0 Å². The van der Waals surface area contributed by atoms with Crippen LogP contribution in [0.15, 0.2) is 12.5 Å². The molecule has 0 radical (unpaired) electrons. The van der Waals surface area contributed by atoms with E-state index in [2.05, 4.69) is 29.6 Å². The lowest BCUT2D eigenvalue weighted by molar-refractivity contribution is 0.738. The third-order valence-electron chi connectivity index (χ3n) is 1.88. The summed E-state index contributed by atoms with van der Waals surface area (Å²) in [6.45, 7) is 5.83. The highest BCUT2D eigenvalue weighted by molar-refractivity contribution is 5.03. The smallest absolute Gasteiger partial charge is 0.0949 e. The lowest BCUT2D eigenvalue weighted by Crippen LogP contribution is -2.08. The molecule has 0 fully saturated rings. The molecule has 3 heteroatoms. The largest absolute Gasteiger partial charge is 0.337 e. The highest BCUT2D eigenvalue weighted by atomic mass is 15.0. The Kier molecular flexibility index (Phi) is 2.65. The van der Waals surface area contributed by atoms with Gasteiger partial charge in [-0.05, 0) is 6.92 Å². The van der Waals surface area contributed by atoms with E-state index >= 15 is 0 Å². The summed E-state index contributed by atoms with van der Waals surface area (Å²) in [7, 11) is 0. The van der Waals surface area contributed by atoms with E-state index in [1.165, 1.54) is 0 Å². The Bertz CT molecular complexity index is 217. The standard InChI is InChI=1S/C8H15N3/c1-3-11-5-8(10-6-11)7(2)4-9/h5-7H,3-4,9H2,1-2H3. The van der Waals surface area contributed by atoms with Crippen LogP contribution >= 0.6 is 0 Å². The topological polar surface area (TPSA) is 43.8 Å². The van der Waals surface area contributed by atoms with Crippen LogP contribution in [0.3, 0.4) is 0 Å². The van der Waals surface area contributed by atoms with E-state index in [-0.39, 0.29) is 0 Å². The molecule has 0 saturated heterocycles. The lowest BCUT2D eigenvalue weighted by atomic mass is 10.1. The number of hydrogen-bond donors (Lipinski definition) is 1. The molecular formula is C8H15N3. The zero-order valence-corrected chi connectivity index (χ0v) is 7.12. The van der Waals surface area contributed by atoms with Crippen molar-refractivity contribution >= 4 is 0 Å². The SMILES string of the molecule is CCn1cnc(C(C)CN)c1. The van der Waals surface area contributed by atoms with Crippen molar-refractivity contribution in [1.29, 1.82) is 0 Å². The predicted octanol–water partition coefficient (Wildman–Crippen LogP) is 0.965. The predicted molar refractivity (Wildman–Crippen MR) is 45.4 cm³/mol. The highest BCUT2D eigenvalue weighted by Gasteiger charge is 2.04. The summed E-state index contributed by atoms with van der Waals surface area (Å²) in [6, 6.07) is 0. The van der Waals surface area contributed by atoms with E-state index in [1.54, 1.807) is 0 Å². The van der Waals surface area contributed by atoms with Crippen molar-refractivity contribution < 1.29 is 0 Å². The Hall–Kier alpha value is -0.830. The zero-order valence-electron chi connectivity index (χ0n) is 7.12. The molecule has 0 spiro atoms. The van der Waals surface area contributed by atoms with Gasteiger partial charge < -0.3 is 10.3 Å². The minimum Gasteiger partial charge on any atom is -0.337 e. The van der Waals surface area contributed by atoms with E-state index in [0.717, 1.165) is 12.2 Å². The molecule has 0 aliphatic heterocycles. The first-order chi connectivity index (χ1) is 5.27. The van der Waals surface area contributed by atoms with Gasteiger partial charge in [-0.25, -0.2) is 4.98 Å². The van der Waals surface area contributed by atoms with Crippen molar-refractivity contribution in [3.63, 3.8) is 0 Å². The van der Waals surface area contributed by atoms with Gasteiger partial charge in [0.25, 0.3) is 0 Å². The maximum atomic E-state index is 5.51. The number of nitrogens with zero attached hydrogens (tertiary/aromatic N) is 2. The summed E-state index contributed by atoms with van der Waals surface area (Å²) in [6.07, 6.45) is 3.90. The monoisotopic (exact) mass is 153 g/mol. The zero-order chi connectivity index (χ0) is 8.27. The fourth-order valence-electron chi connectivity index (χ4n) is 0.926. The van der Waals surface area contributed by atoms with E-state index in [9.17, 15) is 0 Å². The summed E-state index contributed by atoms with van der Waals surface area (Å²) in [5.74, 6) is 0.378. The minimum atomic E-state index is 0.378. The molecule has 1 rings (SSSR count). The van der Waals surface area contributed by atoms with Gasteiger partial charge in [-0.2, -0.15) is 0 Å². The Morgan fingerprint density at radius 3 is 2.91 bits per heavy atom. The molecular weight excluding hydrogens is 138 g/mol. The van der Waals surface area contributed by atoms with Gasteiger partial charge in [-0.3, -0.25) is 0 Å². The van der Waals surface area contributed by atoms with Crippen molar-refractivity contribution in [2.45, 2.75) is 26.3 Å². The van der Waals surface area contributed by atoms with Crippen LogP contribution in [0.1, 0.15) is 25.5 Å². The maximum absolute atomic E-state index is 5.51. The second kappa shape index (κ2) is 3.53. The minimum absolute atomic E-state index is 0.378. The van der Waals surface area contributed by atoms with Gasteiger partial charge in [0.1, 0.15) is 0 Å². The van der Waals surface area contributed by atoms with E-state index < -0.39 is 0 Å². The molecule has 3 nitrogen and oxygen atoms in total. The number of aromatic nitrogens is 2. The molecule has 0 aliphatic carbocycles. The van der Waals surface area contributed by atoms with Crippen LogP contribution in [-0.4, -0.2) is 16.1 Å². The highest BCUT2D eigenvalue weighted by Crippen LogP contribution is 2.09. The molecule has 0 amide bonds. The number of rotatable bonds is 3. The number of hydrogen-bond acceptors (Lipinski definition) is 2. The van der Waals surface area contributed by atoms with Gasteiger partial charge in [-0.1, -0.05) is 6.92 Å². The molecule has 0 saturated carbocycles. The normalized spacial score (nSPS) is 13.4. The summed E-state index contributed by atoms with van der Waals surface area (Å²) in [5.41, 5.74) is 6.60. The molecule has 62 valence electrons. The van der Waals surface area contributed by atoms with E-state index in [0.29, 0.717) is 12.5 Å². The Balaban J connectivity index is 2.71. The van der Waals surface area contributed by atoms with Crippen LogP contribution < -0.4 is 5.73 Å². The summed E-state index contributed by atoms with van der Waals surface area (Å²) in [4.78, 5) is 4.24. The number of imidazole rings is 1. The Morgan fingerprint density at radius 2 is 2.45 bits per heavy atom. The van der Waals surface area contributed by atoms with Crippen LogP contribution in [0, 0.1) is 0 Å². The van der Waals surface area contributed by atoms with Gasteiger partial charge in [-0.15, -0.1) is 0 Å². The van der Waals surface area contributed by atoms with E-state index in [1.807, 2.05) is 6.33 Å². The molecule has 1 aromatic heterocycles. The van der Waals surface area contributed by atoms with E-state index in [4.69, 9.17) is 5.73 Å². The maximum Gasteiger partial charge on any atom is 0.0949 e. The van der Waals surface area contributed by atoms with Gasteiger partial charge >= 0.3 is 0 Å². The van der Waals surface area contributed by atoms with Crippen LogP contribution in [-0.2, 0) is 6.54 Å². The third-order valence-corrected chi connectivity index (χ3v) is 1.88. The van der Waals surface area contributed by atoms with Crippen LogP contribution in [0.5, 0.6) is 0 Å². The van der Waals surface area contributed by atoms with Crippen LogP contribution in [0.4, 0.5) is 0 Å². The van der Waals surface area contributed by atoms with Gasteiger partial charge in [0.05, 0.1) is 12.0 Å². The summed E-state index contributed by atoms with van der Waals surface area (Å²) in [5, 5.41) is 0. The first-order valence-electron chi connectivity index (χ1n) is 3.99. The quantitative estimate of drug-likeness (QED) is 0.703. The van der Waals surface area contributed by atoms with Crippen molar-refractivity contribution in [3.8, 4) is 0 Å². The summed E-state index contributed by atoms with van der Waals surface area (Å²) >= 11 is 0. The summed E-state index contributed by atoms with van der Waals surface area (Å²) < 4.78 is 2.06. The Morgan fingerprint density at radius 1 is 1.73 bits per heavy atom. The molecule has 1 aromatic rings. The van der Waals surface area contributed by atoms with Crippen LogP contribution in [0.2, 0.25) is 0 Å². The molecule has 0 bridgehead atoms. The number of aryl methyl sites for hydroxylation is 1. The Labute approximate surface area is 67.2 Å². The molecule has 1 unspecified atom stereocenters. The fourth-order valence-corrected chi connectivity index (χ4v) is 0.926. The average molecular weight is 153 g/mol. The van der Waals surface area contributed by atoms with Crippen molar-refractivity contribution in [3.05, 3.63) is 18.2 Å². The lowest BCUT2D eigenvalue weighted by Gasteiger charge is -2.02. The molecule has 11 heavy (non-hydrogen) atoms. The van der Waals surface area contributed by atoms with Gasteiger partial charge in [0, 0.05) is 25.2 Å². The fraction of sp³-hybridized carbons (Fsp3) is 0.625. The molecule has 1 atom stereocenters. The molecule has 0 aromatic carbocycles. The van der Waals surface area contributed by atoms with Gasteiger partial charge in [0.2, 0.25) is 0 Å². The molecule has 2 N–H and O–H groups in total. The average Bonchev–Trinajstić information content (AvgIpc) is 2.50. The van der Waals surface area contributed by atoms with Crippen molar-refractivity contribution in [2.24, 2.45) is 5.73 Å². The third kappa shape index (κ3) is 1.80. The van der Waals surface area contributed by atoms with Crippen molar-refractivity contribution in [2.75, 3.05) is 6.54 Å². The van der Waals surface area contributed by atoms with Gasteiger partial charge in [0.15, 0.2) is 0 Å². The second-order valence-electron chi connectivity index (χ2n) is 2.77. The molecule has 0 aliphatic rings. The second-order valence-corrected chi connectivity index (χ2v) is 2.77. The van der Waals surface area contributed by atoms with Crippen molar-refractivity contribution in [1.82, 2.24) is 9.55 Å². The first-order valence-corrected chi connectivity index (χ1v) is 3.99. The molecule has 1 heterocycles. The first kappa shape index (κ1) is 8.27.